The van der Waals surface area contributed by atoms with E-state index in [9.17, 15) is 0 Å². The van der Waals surface area contributed by atoms with Crippen LogP contribution in [0.25, 0.3) is 0 Å². The maximum absolute atomic E-state index is 5.23. The third-order valence-corrected chi connectivity index (χ3v) is 2.54. The number of nitrogens with one attached hydrogen (secondary N) is 1. The molecule has 1 heterocycles. The molecular weight excluding hydrogens is 162 g/mol. The normalized spacial score (nSPS) is 19.5. The summed E-state index contributed by atoms with van der Waals surface area (Å²) < 4.78 is 5.23. The fourth-order valence-corrected chi connectivity index (χ4v) is 1.94. The van der Waals surface area contributed by atoms with E-state index in [-0.39, 0.29) is 0 Å². The molecule has 0 aliphatic carbocycles. The second-order valence-electron chi connectivity index (χ2n) is 3.73. The van der Waals surface area contributed by atoms with Crippen LogP contribution in [0.1, 0.15) is 18.1 Å². The third kappa shape index (κ3) is 1.37. The number of hydrogen-bond donors (Lipinski definition) is 1. The molecule has 1 aromatic rings. The summed E-state index contributed by atoms with van der Waals surface area (Å²) in [6.07, 6.45) is 1.10. The minimum atomic E-state index is 0.556. The molecule has 70 valence electrons. The van der Waals surface area contributed by atoms with Crippen LogP contribution in [0.15, 0.2) is 12.1 Å². The van der Waals surface area contributed by atoms with Crippen molar-refractivity contribution in [2.24, 2.45) is 0 Å². The number of benzene rings is 1. The van der Waals surface area contributed by atoms with Gasteiger partial charge in [-0.3, -0.25) is 0 Å². The van der Waals surface area contributed by atoms with E-state index < -0.39 is 0 Å². The van der Waals surface area contributed by atoms with Gasteiger partial charge >= 0.3 is 0 Å². The Bertz CT molecular complexity index is 333. The van der Waals surface area contributed by atoms with Gasteiger partial charge in [0.2, 0.25) is 0 Å². The first kappa shape index (κ1) is 8.42. The number of rotatable bonds is 1. The van der Waals surface area contributed by atoms with E-state index in [0.29, 0.717) is 6.04 Å². The van der Waals surface area contributed by atoms with Crippen molar-refractivity contribution in [1.82, 2.24) is 0 Å². The molecule has 0 amide bonds. The van der Waals surface area contributed by atoms with Gasteiger partial charge in [-0.2, -0.15) is 0 Å². The molecule has 0 saturated carbocycles. The quantitative estimate of drug-likeness (QED) is 0.711. The number of hydrogen-bond acceptors (Lipinski definition) is 2. The standard InChI is InChI=1S/C11H15NO/c1-7-4-10(13-3)6-9-5-8(2)12-11(7)9/h4,6,8,12H,5H2,1-3H3. The Morgan fingerprint density at radius 2 is 2.23 bits per heavy atom. The molecule has 0 aromatic heterocycles. The van der Waals surface area contributed by atoms with E-state index in [1.165, 1.54) is 16.8 Å². The van der Waals surface area contributed by atoms with Gasteiger partial charge in [-0.25, -0.2) is 0 Å². The number of methoxy groups -OCH3 is 1. The van der Waals surface area contributed by atoms with Crippen LogP contribution in [0, 0.1) is 6.92 Å². The predicted molar refractivity (Wildman–Crippen MR) is 54.5 cm³/mol. The van der Waals surface area contributed by atoms with Gasteiger partial charge in [-0.15, -0.1) is 0 Å². The summed E-state index contributed by atoms with van der Waals surface area (Å²) in [4.78, 5) is 0. The maximum Gasteiger partial charge on any atom is 0.119 e. The molecule has 0 spiro atoms. The first-order valence-corrected chi connectivity index (χ1v) is 4.64. The first-order chi connectivity index (χ1) is 6.20. The van der Waals surface area contributed by atoms with Gasteiger partial charge in [0, 0.05) is 11.7 Å². The van der Waals surface area contributed by atoms with Crippen molar-refractivity contribution in [3.8, 4) is 5.75 Å². The topological polar surface area (TPSA) is 21.3 Å². The van der Waals surface area contributed by atoms with E-state index in [1.807, 2.05) is 0 Å². The molecule has 1 unspecified atom stereocenters. The summed E-state index contributed by atoms with van der Waals surface area (Å²) in [5, 5.41) is 3.46. The molecule has 0 fully saturated rings. The van der Waals surface area contributed by atoms with Crippen LogP contribution < -0.4 is 10.1 Å². The lowest BCUT2D eigenvalue weighted by Crippen LogP contribution is -2.08. The van der Waals surface area contributed by atoms with Crippen molar-refractivity contribution in [3.63, 3.8) is 0 Å². The van der Waals surface area contributed by atoms with Crippen molar-refractivity contribution in [2.45, 2.75) is 26.3 Å². The Kier molecular flexibility index (Phi) is 1.91. The summed E-state index contributed by atoms with van der Waals surface area (Å²) in [5.41, 5.74) is 3.95. The molecule has 13 heavy (non-hydrogen) atoms. The zero-order valence-electron chi connectivity index (χ0n) is 8.35. The van der Waals surface area contributed by atoms with E-state index in [0.717, 1.165) is 12.2 Å². The molecule has 1 atom stereocenters. The predicted octanol–water partition coefficient (Wildman–Crippen LogP) is 2.36. The minimum absolute atomic E-state index is 0.556. The van der Waals surface area contributed by atoms with Crippen LogP contribution in [0.4, 0.5) is 5.69 Å². The monoisotopic (exact) mass is 177 g/mol. The molecule has 0 bridgehead atoms. The summed E-state index contributed by atoms with van der Waals surface area (Å²) in [5.74, 6) is 0.965. The van der Waals surface area contributed by atoms with Crippen molar-refractivity contribution < 1.29 is 4.74 Å². The maximum atomic E-state index is 5.23. The molecule has 2 heteroatoms. The molecule has 0 saturated heterocycles. The average molecular weight is 177 g/mol. The van der Waals surface area contributed by atoms with Crippen LogP contribution in [-0.2, 0) is 6.42 Å². The van der Waals surface area contributed by atoms with Crippen LogP contribution in [0.5, 0.6) is 5.75 Å². The van der Waals surface area contributed by atoms with Crippen LogP contribution in [-0.4, -0.2) is 13.2 Å². The highest BCUT2D eigenvalue weighted by atomic mass is 16.5. The number of fused-ring (bicyclic) bond motifs is 1. The summed E-state index contributed by atoms with van der Waals surface area (Å²) in [6, 6.07) is 4.75. The highest BCUT2D eigenvalue weighted by Crippen LogP contribution is 2.32. The molecular formula is C11H15NO. The Hall–Kier alpha value is -1.18. The van der Waals surface area contributed by atoms with Crippen LogP contribution >= 0.6 is 0 Å². The second kappa shape index (κ2) is 2.95. The molecule has 0 radical (unpaired) electrons. The Morgan fingerprint density at radius 1 is 1.46 bits per heavy atom. The van der Waals surface area contributed by atoms with Gasteiger partial charge in [0.15, 0.2) is 0 Å². The van der Waals surface area contributed by atoms with E-state index in [1.54, 1.807) is 7.11 Å². The molecule has 2 nitrogen and oxygen atoms in total. The van der Waals surface area contributed by atoms with Crippen molar-refractivity contribution in [1.29, 1.82) is 0 Å². The van der Waals surface area contributed by atoms with Gasteiger partial charge < -0.3 is 10.1 Å². The zero-order valence-corrected chi connectivity index (χ0v) is 8.35. The third-order valence-electron chi connectivity index (χ3n) is 2.54. The molecule has 1 aliphatic rings. The molecule has 2 rings (SSSR count). The van der Waals surface area contributed by atoms with Gasteiger partial charge in [-0.1, -0.05) is 0 Å². The zero-order chi connectivity index (χ0) is 9.42. The summed E-state index contributed by atoms with van der Waals surface area (Å²) in [6.45, 7) is 4.32. The van der Waals surface area contributed by atoms with E-state index in [4.69, 9.17) is 4.74 Å². The van der Waals surface area contributed by atoms with Crippen molar-refractivity contribution in [3.05, 3.63) is 23.3 Å². The Balaban J connectivity index is 2.46. The average Bonchev–Trinajstić information content (AvgIpc) is 2.46. The number of anilines is 1. The largest absolute Gasteiger partial charge is 0.497 e. The van der Waals surface area contributed by atoms with E-state index in [2.05, 4.69) is 31.3 Å². The lowest BCUT2D eigenvalue weighted by atomic mass is 10.1. The van der Waals surface area contributed by atoms with Gasteiger partial charge in [-0.05, 0) is 43.5 Å². The second-order valence-corrected chi connectivity index (χ2v) is 3.73. The Morgan fingerprint density at radius 3 is 2.92 bits per heavy atom. The fraction of sp³-hybridized carbons (Fsp3) is 0.455. The Labute approximate surface area is 78.9 Å². The highest BCUT2D eigenvalue weighted by molar-refractivity contribution is 5.64. The van der Waals surface area contributed by atoms with Gasteiger partial charge in [0.25, 0.3) is 0 Å². The smallest absolute Gasteiger partial charge is 0.119 e. The summed E-state index contributed by atoms with van der Waals surface area (Å²) in [7, 11) is 1.72. The van der Waals surface area contributed by atoms with Crippen molar-refractivity contribution >= 4 is 5.69 Å². The number of ether oxygens (including phenoxy) is 1. The highest BCUT2D eigenvalue weighted by Gasteiger charge is 2.19. The molecule has 1 aromatic carbocycles. The van der Waals surface area contributed by atoms with Crippen molar-refractivity contribution in [2.75, 3.05) is 12.4 Å². The van der Waals surface area contributed by atoms with E-state index >= 15 is 0 Å². The van der Waals surface area contributed by atoms with Gasteiger partial charge in [0.1, 0.15) is 5.75 Å². The summed E-state index contributed by atoms with van der Waals surface area (Å²) >= 11 is 0. The first-order valence-electron chi connectivity index (χ1n) is 4.64. The fourth-order valence-electron chi connectivity index (χ4n) is 1.94. The minimum Gasteiger partial charge on any atom is -0.497 e. The van der Waals surface area contributed by atoms with Gasteiger partial charge in [0.05, 0.1) is 7.11 Å². The van der Waals surface area contributed by atoms with Crippen LogP contribution in [0.3, 0.4) is 0 Å². The lowest BCUT2D eigenvalue weighted by Gasteiger charge is -2.08. The van der Waals surface area contributed by atoms with Crippen LogP contribution in [0.2, 0.25) is 0 Å². The number of aryl methyl sites for hydroxylation is 1. The molecule has 1 N–H and O–H groups in total. The SMILES string of the molecule is COc1cc(C)c2c(c1)CC(C)N2. The lowest BCUT2D eigenvalue weighted by molar-refractivity contribution is 0.414. The molecule has 1 aliphatic heterocycles.